The Hall–Kier alpha value is -0.770. The van der Waals surface area contributed by atoms with E-state index in [1.807, 2.05) is 0 Å². The van der Waals surface area contributed by atoms with Crippen molar-refractivity contribution in [3.8, 4) is 0 Å². The Kier molecular flexibility index (Phi) is 5.62. The molecule has 0 aromatic heterocycles. The van der Waals surface area contributed by atoms with Crippen LogP contribution in [-0.2, 0) is 0 Å². The van der Waals surface area contributed by atoms with E-state index in [-0.39, 0.29) is 17.1 Å². The van der Waals surface area contributed by atoms with Crippen LogP contribution in [0.25, 0.3) is 0 Å². The maximum Gasteiger partial charge on any atom is 0.315 e. The second kappa shape index (κ2) is 7.24. The summed E-state index contributed by atoms with van der Waals surface area (Å²) in [6.45, 7) is 16.2. The molecule has 0 radical (unpaired) electrons. The molecule has 3 N–H and O–H groups in total. The van der Waals surface area contributed by atoms with Crippen LogP contribution in [0.4, 0.5) is 4.79 Å². The molecule has 4 nitrogen and oxygen atoms in total. The molecule has 0 aromatic rings. The number of amides is 2. The van der Waals surface area contributed by atoms with Crippen LogP contribution in [0.15, 0.2) is 0 Å². The van der Waals surface area contributed by atoms with E-state index in [4.69, 9.17) is 0 Å². The summed E-state index contributed by atoms with van der Waals surface area (Å²) in [6, 6.07) is 1.18. The van der Waals surface area contributed by atoms with Crippen LogP contribution in [0.2, 0.25) is 0 Å². The van der Waals surface area contributed by atoms with Gasteiger partial charge in [-0.05, 0) is 95.8 Å². The molecule has 5 atom stereocenters. The number of carbonyl (C=O) groups is 1. The molecule has 0 saturated heterocycles. The minimum atomic E-state index is -0.0790. The van der Waals surface area contributed by atoms with Crippen molar-refractivity contribution < 1.29 is 4.79 Å². The summed E-state index contributed by atoms with van der Waals surface area (Å²) in [5.74, 6) is 2.42. The van der Waals surface area contributed by atoms with Gasteiger partial charge >= 0.3 is 6.03 Å². The summed E-state index contributed by atoms with van der Waals surface area (Å²) in [7, 11) is 0. The lowest BCUT2D eigenvalue weighted by atomic mass is 9.79. The zero-order valence-corrected chi connectivity index (χ0v) is 18.7. The minimum absolute atomic E-state index is 0.0346. The van der Waals surface area contributed by atoms with E-state index in [2.05, 4.69) is 64.4 Å². The molecule has 5 unspecified atom stereocenters. The Balaban J connectivity index is 1.45. The number of carbonyl (C=O) groups excluding carboxylic acids is 1. The topological polar surface area (TPSA) is 53.2 Å². The largest absolute Gasteiger partial charge is 0.335 e. The normalized spacial score (nSPS) is 32.6. The van der Waals surface area contributed by atoms with Gasteiger partial charge in [0.1, 0.15) is 0 Å². The van der Waals surface area contributed by atoms with Crippen LogP contribution in [0.3, 0.4) is 0 Å². The van der Waals surface area contributed by atoms with E-state index in [9.17, 15) is 4.79 Å². The van der Waals surface area contributed by atoms with Gasteiger partial charge in [0.2, 0.25) is 0 Å². The SMILES string of the molecule is CCC(C)(CC1CC1C(C)(C)CC1CC1NC(C)(C)C)NC(=O)NC1CC1. The van der Waals surface area contributed by atoms with E-state index in [1.165, 1.54) is 19.3 Å². The third-order valence-corrected chi connectivity index (χ3v) is 7.08. The van der Waals surface area contributed by atoms with Crippen LogP contribution in [-0.4, -0.2) is 29.2 Å². The van der Waals surface area contributed by atoms with Gasteiger partial charge in [-0.3, -0.25) is 0 Å². The zero-order chi connectivity index (χ0) is 20.0. The lowest BCUT2D eigenvalue weighted by Crippen LogP contribution is -2.50. The van der Waals surface area contributed by atoms with E-state index in [1.54, 1.807) is 0 Å². The fourth-order valence-corrected chi connectivity index (χ4v) is 5.05. The summed E-state index contributed by atoms with van der Waals surface area (Å²) in [4.78, 5) is 12.2. The van der Waals surface area contributed by atoms with Crippen molar-refractivity contribution in [3.05, 3.63) is 0 Å². The van der Waals surface area contributed by atoms with E-state index in [0.29, 0.717) is 11.5 Å². The zero-order valence-electron chi connectivity index (χ0n) is 18.7. The third-order valence-electron chi connectivity index (χ3n) is 7.08. The Bertz CT molecular complexity index is 548. The molecule has 27 heavy (non-hydrogen) atoms. The molecule has 3 rings (SSSR count). The predicted octanol–water partition coefficient (Wildman–Crippen LogP) is 4.84. The van der Waals surface area contributed by atoms with Crippen LogP contribution >= 0.6 is 0 Å². The summed E-state index contributed by atoms with van der Waals surface area (Å²) >= 11 is 0. The average molecular weight is 378 g/mol. The first-order chi connectivity index (χ1) is 12.4. The maximum absolute atomic E-state index is 12.2. The van der Waals surface area contributed by atoms with Crippen molar-refractivity contribution in [2.75, 3.05) is 0 Å². The fourth-order valence-electron chi connectivity index (χ4n) is 5.05. The predicted molar refractivity (Wildman–Crippen MR) is 113 cm³/mol. The second-order valence-corrected chi connectivity index (χ2v) is 11.8. The molecule has 3 fully saturated rings. The van der Waals surface area contributed by atoms with Gasteiger partial charge in [-0.25, -0.2) is 4.79 Å². The van der Waals surface area contributed by atoms with Gasteiger partial charge in [-0.1, -0.05) is 20.8 Å². The number of rotatable bonds is 9. The Labute approximate surface area is 167 Å². The first kappa shape index (κ1) is 21.0. The van der Waals surface area contributed by atoms with Crippen molar-refractivity contribution >= 4 is 6.03 Å². The summed E-state index contributed by atoms with van der Waals surface area (Å²) in [6.07, 6.45) is 8.40. The van der Waals surface area contributed by atoms with Crippen molar-refractivity contribution in [2.24, 2.45) is 23.2 Å². The highest BCUT2D eigenvalue weighted by atomic mass is 16.2. The Morgan fingerprint density at radius 3 is 2.19 bits per heavy atom. The minimum Gasteiger partial charge on any atom is -0.335 e. The van der Waals surface area contributed by atoms with Crippen molar-refractivity contribution in [1.82, 2.24) is 16.0 Å². The summed E-state index contributed by atoms with van der Waals surface area (Å²) in [5, 5.41) is 10.1. The van der Waals surface area contributed by atoms with Crippen molar-refractivity contribution in [2.45, 2.75) is 117 Å². The van der Waals surface area contributed by atoms with Crippen LogP contribution < -0.4 is 16.0 Å². The standard InChI is InChI=1S/C23H43N3O/c1-8-23(7,26-20(27)24-17-9-10-17)14-15-11-18(15)22(5,6)13-16-12-19(16)25-21(2,3)4/h15-19,25H,8-14H2,1-7H3,(H2,24,26,27). The van der Waals surface area contributed by atoms with Gasteiger partial charge in [-0.15, -0.1) is 0 Å². The summed E-state index contributed by atoms with van der Waals surface area (Å²) < 4.78 is 0. The van der Waals surface area contributed by atoms with Gasteiger partial charge in [0.25, 0.3) is 0 Å². The molecule has 156 valence electrons. The smallest absolute Gasteiger partial charge is 0.315 e. The molecule has 3 aliphatic carbocycles. The first-order valence-electron chi connectivity index (χ1n) is 11.3. The highest BCUT2D eigenvalue weighted by molar-refractivity contribution is 5.75. The van der Waals surface area contributed by atoms with Gasteiger partial charge in [0.15, 0.2) is 0 Å². The molecule has 3 saturated carbocycles. The molecule has 0 aromatic carbocycles. The molecular formula is C23H43N3O. The maximum atomic E-state index is 12.2. The lowest BCUT2D eigenvalue weighted by Gasteiger charge is -2.32. The molecule has 3 aliphatic rings. The van der Waals surface area contributed by atoms with E-state index < -0.39 is 0 Å². The van der Waals surface area contributed by atoms with Crippen molar-refractivity contribution in [3.63, 3.8) is 0 Å². The number of hydrogen-bond donors (Lipinski definition) is 3. The molecule has 4 heteroatoms. The molecule has 0 aliphatic heterocycles. The quantitative estimate of drug-likeness (QED) is 0.539. The lowest BCUT2D eigenvalue weighted by molar-refractivity contribution is 0.209. The van der Waals surface area contributed by atoms with Gasteiger partial charge in [0.05, 0.1) is 0 Å². The highest BCUT2D eigenvalue weighted by Crippen LogP contribution is 2.58. The summed E-state index contributed by atoms with van der Waals surface area (Å²) in [5.41, 5.74) is 0.556. The third kappa shape index (κ3) is 6.10. The van der Waals surface area contributed by atoms with Crippen LogP contribution in [0, 0.1) is 23.2 Å². The average Bonchev–Trinajstić information content (AvgIpc) is 3.33. The Morgan fingerprint density at radius 1 is 0.963 bits per heavy atom. The van der Waals surface area contributed by atoms with Crippen LogP contribution in [0.1, 0.15) is 93.4 Å². The van der Waals surface area contributed by atoms with Gasteiger partial charge in [-0.2, -0.15) is 0 Å². The van der Waals surface area contributed by atoms with Gasteiger partial charge < -0.3 is 16.0 Å². The van der Waals surface area contributed by atoms with E-state index >= 15 is 0 Å². The second-order valence-electron chi connectivity index (χ2n) is 11.8. The van der Waals surface area contributed by atoms with Crippen molar-refractivity contribution in [1.29, 1.82) is 0 Å². The highest BCUT2D eigenvalue weighted by Gasteiger charge is 2.52. The number of urea groups is 1. The number of hydrogen-bond acceptors (Lipinski definition) is 2. The number of nitrogens with one attached hydrogen (secondary N) is 3. The Morgan fingerprint density at radius 2 is 1.63 bits per heavy atom. The van der Waals surface area contributed by atoms with E-state index in [0.717, 1.165) is 49.5 Å². The van der Waals surface area contributed by atoms with Gasteiger partial charge in [0, 0.05) is 23.2 Å². The molecule has 0 heterocycles. The molecular weight excluding hydrogens is 334 g/mol. The van der Waals surface area contributed by atoms with Crippen LogP contribution in [0.5, 0.6) is 0 Å². The molecule has 2 amide bonds. The first-order valence-corrected chi connectivity index (χ1v) is 11.3. The molecule has 0 bridgehead atoms. The monoisotopic (exact) mass is 377 g/mol. The molecule has 0 spiro atoms. The fraction of sp³-hybridized carbons (Fsp3) is 0.957.